The fourth-order valence-corrected chi connectivity index (χ4v) is 3.90. The van der Waals surface area contributed by atoms with Crippen LogP contribution in [0.3, 0.4) is 0 Å². The largest absolute Gasteiger partial charge is 0.381 e. The second-order valence-corrected chi connectivity index (χ2v) is 7.61. The topological polar surface area (TPSA) is 30.5 Å². The standard InChI is InChI=1S/C18H33NO2/c1-2-3-15-6-9-18(10-7-15,14-19-17-4-5-17)21-13-16-8-11-20-12-16/h15-17,19H,2-14H2,1H3. The molecule has 0 radical (unpaired) electrons. The molecule has 0 aromatic heterocycles. The van der Waals surface area contributed by atoms with Crippen molar-refractivity contribution in [1.82, 2.24) is 5.32 Å². The minimum Gasteiger partial charge on any atom is -0.381 e. The molecule has 1 heterocycles. The first-order chi connectivity index (χ1) is 10.3. The number of hydrogen-bond acceptors (Lipinski definition) is 3. The average molecular weight is 295 g/mol. The van der Waals surface area contributed by atoms with Crippen molar-refractivity contribution in [2.24, 2.45) is 11.8 Å². The van der Waals surface area contributed by atoms with Crippen LogP contribution in [0.5, 0.6) is 0 Å². The summed E-state index contributed by atoms with van der Waals surface area (Å²) in [7, 11) is 0. The van der Waals surface area contributed by atoms with Crippen molar-refractivity contribution in [2.45, 2.75) is 76.4 Å². The van der Waals surface area contributed by atoms with Crippen molar-refractivity contribution in [3.05, 3.63) is 0 Å². The van der Waals surface area contributed by atoms with E-state index in [1.165, 1.54) is 57.8 Å². The van der Waals surface area contributed by atoms with E-state index in [1.54, 1.807) is 0 Å². The summed E-state index contributed by atoms with van der Waals surface area (Å²) in [5.41, 5.74) is 0.120. The van der Waals surface area contributed by atoms with E-state index in [0.29, 0.717) is 5.92 Å². The van der Waals surface area contributed by atoms with Crippen LogP contribution in [0.25, 0.3) is 0 Å². The van der Waals surface area contributed by atoms with Crippen LogP contribution >= 0.6 is 0 Å². The van der Waals surface area contributed by atoms with Crippen molar-refractivity contribution in [1.29, 1.82) is 0 Å². The second kappa shape index (κ2) is 7.43. The lowest BCUT2D eigenvalue weighted by molar-refractivity contribution is -0.0895. The zero-order valence-electron chi connectivity index (χ0n) is 13.7. The molecule has 2 aliphatic carbocycles. The Bertz CT molecular complexity index is 302. The molecule has 1 aliphatic heterocycles. The molecule has 1 unspecified atom stereocenters. The van der Waals surface area contributed by atoms with Gasteiger partial charge < -0.3 is 14.8 Å². The number of ether oxygens (including phenoxy) is 2. The highest BCUT2D eigenvalue weighted by Gasteiger charge is 2.38. The third-order valence-electron chi connectivity index (χ3n) is 5.65. The van der Waals surface area contributed by atoms with Crippen LogP contribution in [-0.4, -0.2) is 38.0 Å². The van der Waals surface area contributed by atoms with Crippen LogP contribution in [0.4, 0.5) is 0 Å². The Morgan fingerprint density at radius 1 is 1.10 bits per heavy atom. The molecule has 3 fully saturated rings. The molecule has 1 saturated heterocycles. The van der Waals surface area contributed by atoms with Crippen molar-refractivity contribution >= 4 is 0 Å². The fraction of sp³-hybridized carbons (Fsp3) is 1.00. The van der Waals surface area contributed by atoms with Gasteiger partial charge in [-0.3, -0.25) is 0 Å². The highest BCUT2D eigenvalue weighted by molar-refractivity contribution is 4.93. The molecule has 0 spiro atoms. The Kier molecular flexibility index (Phi) is 5.58. The van der Waals surface area contributed by atoms with E-state index in [2.05, 4.69) is 12.2 Å². The molecular weight excluding hydrogens is 262 g/mol. The predicted molar refractivity (Wildman–Crippen MR) is 85.5 cm³/mol. The molecule has 1 atom stereocenters. The van der Waals surface area contributed by atoms with Gasteiger partial charge in [0.25, 0.3) is 0 Å². The Balaban J connectivity index is 1.49. The van der Waals surface area contributed by atoms with Gasteiger partial charge in [0.15, 0.2) is 0 Å². The minimum absolute atomic E-state index is 0.120. The van der Waals surface area contributed by atoms with E-state index in [-0.39, 0.29) is 5.60 Å². The van der Waals surface area contributed by atoms with Crippen LogP contribution in [0.1, 0.15) is 64.7 Å². The molecule has 0 aromatic rings. The number of hydrogen-bond donors (Lipinski definition) is 1. The van der Waals surface area contributed by atoms with Crippen LogP contribution in [0, 0.1) is 11.8 Å². The first kappa shape index (κ1) is 15.8. The van der Waals surface area contributed by atoms with Gasteiger partial charge in [-0.25, -0.2) is 0 Å². The normalized spacial score (nSPS) is 37.0. The van der Waals surface area contributed by atoms with Gasteiger partial charge in [-0.05, 0) is 50.9 Å². The van der Waals surface area contributed by atoms with Gasteiger partial charge in [0.05, 0.1) is 18.8 Å². The van der Waals surface area contributed by atoms with E-state index in [1.807, 2.05) is 0 Å². The van der Waals surface area contributed by atoms with Crippen molar-refractivity contribution in [3.63, 3.8) is 0 Å². The molecule has 0 bridgehead atoms. The Morgan fingerprint density at radius 2 is 1.90 bits per heavy atom. The fourth-order valence-electron chi connectivity index (χ4n) is 3.90. The Morgan fingerprint density at radius 3 is 2.52 bits per heavy atom. The third kappa shape index (κ3) is 4.67. The summed E-state index contributed by atoms with van der Waals surface area (Å²) in [6.07, 6.45) is 11.9. The third-order valence-corrected chi connectivity index (χ3v) is 5.65. The van der Waals surface area contributed by atoms with Gasteiger partial charge in [0, 0.05) is 25.1 Å². The average Bonchev–Trinajstić information content (AvgIpc) is 3.20. The highest BCUT2D eigenvalue weighted by Crippen LogP contribution is 2.37. The van der Waals surface area contributed by atoms with Gasteiger partial charge in [-0.2, -0.15) is 0 Å². The summed E-state index contributed by atoms with van der Waals surface area (Å²) in [6.45, 7) is 6.13. The quantitative estimate of drug-likeness (QED) is 0.743. The van der Waals surface area contributed by atoms with Crippen LogP contribution < -0.4 is 5.32 Å². The summed E-state index contributed by atoms with van der Waals surface area (Å²) >= 11 is 0. The summed E-state index contributed by atoms with van der Waals surface area (Å²) < 4.78 is 12.0. The monoisotopic (exact) mass is 295 g/mol. The highest BCUT2D eigenvalue weighted by atomic mass is 16.5. The van der Waals surface area contributed by atoms with E-state index >= 15 is 0 Å². The Hall–Kier alpha value is -0.120. The molecule has 3 nitrogen and oxygen atoms in total. The maximum atomic E-state index is 6.52. The van der Waals surface area contributed by atoms with Gasteiger partial charge in [-0.15, -0.1) is 0 Å². The molecule has 3 aliphatic rings. The molecule has 122 valence electrons. The lowest BCUT2D eigenvalue weighted by Gasteiger charge is -2.41. The van der Waals surface area contributed by atoms with Gasteiger partial charge in [0.2, 0.25) is 0 Å². The second-order valence-electron chi connectivity index (χ2n) is 7.61. The van der Waals surface area contributed by atoms with Crippen LogP contribution in [-0.2, 0) is 9.47 Å². The van der Waals surface area contributed by atoms with Crippen molar-refractivity contribution in [3.8, 4) is 0 Å². The maximum absolute atomic E-state index is 6.52. The van der Waals surface area contributed by atoms with Crippen molar-refractivity contribution < 1.29 is 9.47 Å². The van der Waals surface area contributed by atoms with E-state index in [4.69, 9.17) is 9.47 Å². The summed E-state index contributed by atoms with van der Waals surface area (Å²) in [5.74, 6) is 1.58. The number of nitrogens with one attached hydrogen (secondary N) is 1. The van der Waals surface area contributed by atoms with Gasteiger partial charge in [0.1, 0.15) is 0 Å². The summed E-state index contributed by atoms with van der Waals surface area (Å²) in [4.78, 5) is 0. The molecule has 1 N–H and O–H groups in total. The molecule has 0 amide bonds. The molecule has 2 saturated carbocycles. The summed E-state index contributed by atoms with van der Waals surface area (Å²) in [6, 6.07) is 0.786. The summed E-state index contributed by atoms with van der Waals surface area (Å²) in [5, 5.41) is 3.73. The smallest absolute Gasteiger partial charge is 0.0806 e. The molecule has 0 aromatic carbocycles. The predicted octanol–water partition coefficient (Wildman–Crippen LogP) is 3.52. The van der Waals surface area contributed by atoms with Crippen LogP contribution in [0.15, 0.2) is 0 Å². The van der Waals surface area contributed by atoms with E-state index in [9.17, 15) is 0 Å². The molecule has 21 heavy (non-hydrogen) atoms. The first-order valence-electron chi connectivity index (χ1n) is 9.25. The first-order valence-corrected chi connectivity index (χ1v) is 9.25. The minimum atomic E-state index is 0.120. The lowest BCUT2D eigenvalue weighted by atomic mass is 9.77. The molecule has 3 heteroatoms. The zero-order valence-corrected chi connectivity index (χ0v) is 13.7. The maximum Gasteiger partial charge on any atom is 0.0806 e. The van der Waals surface area contributed by atoms with Gasteiger partial charge in [-0.1, -0.05) is 19.8 Å². The van der Waals surface area contributed by atoms with Crippen molar-refractivity contribution in [2.75, 3.05) is 26.4 Å². The van der Waals surface area contributed by atoms with E-state index < -0.39 is 0 Å². The Labute approximate surface area is 130 Å². The zero-order chi connectivity index (χ0) is 14.5. The number of rotatable bonds is 8. The van der Waals surface area contributed by atoms with Crippen LogP contribution in [0.2, 0.25) is 0 Å². The van der Waals surface area contributed by atoms with E-state index in [0.717, 1.165) is 38.3 Å². The molecule has 3 rings (SSSR count). The molecular formula is C18H33NO2. The SMILES string of the molecule is CCCC1CCC(CNC2CC2)(OCC2CCOC2)CC1. The lowest BCUT2D eigenvalue weighted by Crippen LogP contribution is -2.47. The van der Waals surface area contributed by atoms with Gasteiger partial charge >= 0.3 is 0 Å².